The van der Waals surface area contributed by atoms with Gasteiger partial charge in [-0.25, -0.2) is 0 Å². The maximum Gasteiger partial charge on any atom is 0.122 e. The summed E-state index contributed by atoms with van der Waals surface area (Å²) in [5, 5.41) is 31.0. The normalized spacial score (nSPS) is 15.7. The number of aliphatic hydroxyl groups is 3. The molecule has 2 aromatic rings. The molecule has 2 atom stereocenters. The van der Waals surface area contributed by atoms with Crippen molar-refractivity contribution in [2.24, 2.45) is 0 Å². The summed E-state index contributed by atoms with van der Waals surface area (Å²) in [6, 6.07) is 13.9. The average molecular weight is 618 g/mol. The molecule has 10 heteroatoms. The molecule has 0 spiro atoms. The minimum atomic E-state index is -0.725. The fourth-order valence-electron chi connectivity index (χ4n) is 3.65. The minimum absolute atomic E-state index is 0.104. The first-order chi connectivity index (χ1) is 16.6. The highest BCUT2D eigenvalue weighted by atomic mass is 127. The molecule has 1 aliphatic rings. The van der Waals surface area contributed by atoms with Crippen LogP contribution in [0.25, 0.3) is 0 Å². The van der Waals surface area contributed by atoms with Crippen LogP contribution >= 0.6 is 34.2 Å². The van der Waals surface area contributed by atoms with E-state index in [-0.39, 0.29) is 31.1 Å². The second-order valence-corrected chi connectivity index (χ2v) is 10.3. The summed E-state index contributed by atoms with van der Waals surface area (Å²) in [5.41, 5.74) is 9.43. The Hall–Kier alpha value is -1.76. The van der Waals surface area contributed by atoms with E-state index in [1.165, 1.54) is 0 Å². The van der Waals surface area contributed by atoms with E-state index in [4.69, 9.17) is 21.1 Å². The second-order valence-electron chi connectivity index (χ2n) is 8.99. The molecule has 8 nitrogen and oxygen atoms in total. The zero-order valence-electron chi connectivity index (χ0n) is 20.1. The number of hydrogen-bond acceptors (Lipinski definition) is 8. The maximum absolute atomic E-state index is 10.4. The van der Waals surface area contributed by atoms with E-state index in [1.807, 2.05) is 43.3 Å². The van der Waals surface area contributed by atoms with Gasteiger partial charge in [-0.1, -0.05) is 38.1 Å². The predicted molar refractivity (Wildman–Crippen MR) is 145 cm³/mol. The van der Waals surface area contributed by atoms with Crippen LogP contribution in [0.15, 0.2) is 51.9 Å². The van der Waals surface area contributed by atoms with Crippen molar-refractivity contribution < 1.29 is 24.8 Å². The van der Waals surface area contributed by atoms with Crippen molar-refractivity contribution >= 4 is 34.2 Å². The molecular weight excluding hydrogens is 585 g/mol. The highest BCUT2D eigenvalue weighted by Gasteiger charge is 2.25. The second kappa shape index (κ2) is 12.5. The Kier molecular flexibility index (Phi) is 9.91. The molecule has 0 bridgehead atoms. The molecule has 0 aliphatic carbocycles. The Morgan fingerprint density at radius 3 is 2.29 bits per heavy atom. The van der Waals surface area contributed by atoms with Crippen molar-refractivity contribution in [3.8, 4) is 11.5 Å². The van der Waals surface area contributed by atoms with Crippen LogP contribution < -0.4 is 20.4 Å². The highest BCUT2D eigenvalue weighted by Crippen LogP contribution is 2.34. The smallest absolute Gasteiger partial charge is 0.122 e. The van der Waals surface area contributed by atoms with E-state index in [9.17, 15) is 15.3 Å². The van der Waals surface area contributed by atoms with Crippen LogP contribution in [0.1, 0.15) is 30.5 Å². The molecule has 0 amide bonds. The largest absolute Gasteiger partial charge is 0.491 e. The monoisotopic (exact) mass is 617 g/mol. The van der Waals surface area contributed by atoms with Gasteiger partial charge in [0.25, 0.3) is 0 Å². The maximum atomic E-state index is 10.4. The van der Waals surface area contributed by atoms with Gasteiger partial charge in [-0.15, -0.1) is 17.1 Å². The quantitative estimate of drug-likeness (QED) is 0.141. The van der Waals surface area contributed by atoms with Gasteiger partial charge >= 0.3 is 0 Å². The van der Waals surface area contributed by atoms with Gasteiger partial charge in [0, 0.05) is 5.41 Å². The van der Waals surface area contributed by atoms with E-state index in [0.717, 1.165) is 26.1 Å². The number of rotatable bonds is 12. The van der Waals surface area contributed by atoms with Gasteiger partial charge in [-0.05, 0) is 64.4 Å². The molecule has 3 rings (SSSR count). The topological polar surface area (TPSA) is 106 Å². The molecule has 0 saturated carbocycles. The molecule has 0 saturated heterocycles. The van der Waals surface area contributed by atoms with E-state index in [2.05, 4.69) is 53.5 Å². The molecule has 1 aliphatic heterocycles. The van der Waals surface area contributed by atoms with Gasteiger partial charge in [-0.3, -0.25) is 5.01 Å². The lowest BCUT2D eigenvalue weighted by atomic mass is 9.77. The summed E-state index contributed by atoms with van der Waals surface area (Å²) in [6.45, 7) is 6.81. The Balaban J connectivity index is 1.58. The molecule has 2 unspecified atom stereocenters. The van der Waals surface area contributed by atoms with E-state index in [1.54, 1.807) is 5.01 Å². The molecular formula is C25H33ClIN3O5. The van der Waals surface area contributed by atoms with E-state index in [0.29, 0.717) is 18.0 Å². The number of aryl methyl sites for hydroxylation is 1. The van der Waals surface area contributed by atoms with Crippen LogP contribution in [0.2, 0.25) is 0 Å². The lowest BCUT2D eigenvalue weighted by Crippen LogP contribution is -2.43. The van der Waals surface area contributed by atoms with Gasteiger partial charge in [0.2, 0.25) is 0 Å². The molecule has 192 valence electrons. The highest BCUT2D eigenvalue weighted by molar-refractivity contribution is 14.1. The van der Waals surface area contributed by atoms with Crippen LogP contribution in [0.3, 0.4) is 0 Å². The third-order valence-electron chi connectivity index (χ3n) is 5.90. The van der Waals surface area contributed by atoms with Crippen LogP contribution in [-0.2, 0) is 5.41 Å². The number of benzene rings is 2. The van der Waals surface area contributed by atoms with Crippen molar-refractivity contribution in [3.63, 3.8) is 0 Å². The van der Waals surface area contributed by atoms with Crippen molar-refractivity contribution in [1.29, 1.82) is 0 Å². The Bertz CT molecular complexity index is 1020. The van der Waals surface area contributed by atoms with Gasteiger partial charge in [0.05, 0.1) is 24.7 Å². The molecule has 0 radical (unpaired) electrons. The van der Waals surface area contributed by atoms with E-state index < -0.39 is 12.2 Å². The number of aliphatic hydroxyl groups excluding tert-OH is 3. The molecule has 35 heavy (non-hydrogen) atoms. The number of hydrazine groups is 2. The average Bonchev–Trinajstić information content (AvgIpc) is 3.20. The van der Waals surface area contributed by atoms with Crippen molar-refractivity contribution in [2.75, 3.05) is 32.2 Å². The van der Waals surface area contributed by atoms with Crippen LogP contribution in [-0.4, -0.2) is 64.8 Å². The predicted octanol–water partition coefficient (Wildman–Crippen LogP) is 2.96. The SMILES string of the molecule is Cc1cc(C(C)(C)c2ccc(OCC(O)CN3NNC(CO)=C3I)cc2)ccc1OCC(O)CCl. The lowest BCUT2D eigenvalue weighted by molar-refractivity contribution is 0.0680. The summed E-state index contributed by atoms with van der Waals surface area (Å²) < 4.78 is 12.3. The summed E-state index contributed by atoms with van der Waals surface area (Å²) in [6.07, 6.45) is -1.42. The summed E-state index contributed by atoms with van der Waals surface area (Å²) in [7, 11) is 0. The van der Waals surface area contributed by atoms with Crippen LogP contribution in [0.5, 0.6) is 11.5 Å². The number of nitrogens with one attached hydrogen (secondary N) is 2. The number of halogens is 2. The van der Waals surface area contributed by atoms with Crippen LogP contribution in [0.4, 0.5) is 0 Å². The summed E-state index contributed by atoms with van der Waals surface area (Å²) >= 11 is 7.74. The fraction of sp³-hybridized carbons (Fsp3) is 0.440. The lowest BCUT2D eigenvalue weighted by Gasteiger charge is -2.27. The molecule has 1 heterocycles. The number of ether oxygens (including phenoxy) is 2. The Morgan fingerprint density at radius 1 is 1.03 bits per heavy atom. The molecule has 5 N–H and O–H groups in total. The van der Waals surface area contributed by atoms with Gasteiger partial charge in [-0.2, -0.15) is 0 Å². The van der Waals surface area contributed by atoms with Gasteiger partial charge < -0.3 is 30.2 Å². The Labute approximate surface area is 225 Å². The van der Waals surface area contributed by atoms with E-state index >= 15 is 0 Å². The zero-order chi connectivity index (χ0) is 25.6. The summed E-state index contributed by atoms with van der Waals surface area (Å²) in [4.78, 5) is 0. The molecule has 0 fully saturated rings. The first-order valence-electron chi connectivity index (χ1n) is 11.3. The zero-order valence-corrected chi connectivity index (χ0v) is 23.0. The molecule has 2 aromatic carbocycles. The van der Waals surface area contributed by atoms with Crippen molar-refractivity contribution in [3.05, 3.63) is 68.6 Å². The van der Waals surface area contributed by atoms with Crippen LogP contribution in [0, 0.1) is 6.92 Å². The number of β-amino-alcohol motifs (C(OH)–C–C–N with tert-alkyl or cyclic N) is 1. The summed E-state index contributed by atoms with van der Waals surface area (Å²) in [5.74, 6) is 1.54. The third kappa shape index (κ3) is 7.14. The number of alkyl halides is 1. The fourth-order valence-corrected chi connectivity index (χ4v) is 4.36. The van der Waals surface area contributed by atoms with Crippen molar-refractivity contribution in [1.82, 2.24) is 16.0 Å². The standard InChI is InChI=1S/C25H33ClIN3O5/c1-16-10-18(6-9-23(16)35-14-19(32)11-26)25(2,3)17-4-7-21(8-5-17)34-15-20(33)12-30-24(27)22(13-31)28-29-30/h4-10,19-20,28-29,31-33H,11-15H2,1-3H3. The van der Waals surface area contributed by atoms with Gasteiger partial charge in [0.15, 0.2) is 0 Å². The first-order valence-corrected chi connectivity index (χ1v) is 12.9. The first kappa shape index (κ1) is 27.8. The van der Waals surface area contributed by atoms with Crippen molar-refractivity contribution in [2.45, 2.75) is 38.4 Å². The number of nitrogens with zero attached hydrogens (tertiary/aromatic N) is 1. The Morgan fingerprint density at radius 2 is 1.69 bits per heavy atom. The molecule has 0 aromatic heterocycles. The minimum Gasteiger partial charge on any atom is -0.491 e. The number of hydrogen-bond donors (Lipinski definition) is 5. The third-order valence-corrected chi connectivity index (χ3v) is 7.49. The van der Waals surface area contributed by atoms with Gasteiger partial charge in [0.1, 0.15) is 40.6 Å².